The molecule has 0 saturated carbocycles. The molecule has 4 heteroatoms. The van der Waals surface area contributed by atoms with Gasteiger partial charge in [-0.25, -0.2) is 0 Å². The zero-order valence-electron chi connectivity index (χ0n) is 5.28. The van der Waals surface area contributed by atoms with Gasteiger partial charge in [-0.1, -0.05) is 13.3 Å². The van der Waals surface area contributed by atoms with Gasteiger partial charge in [0.2, 0.25) is 0 Å². The molecule has 1 unspecified atom stereocenters. The van der Waals surface area contributed by atoms with Crippen molar-refractivity contribution in [2.75, 3.05) is 0 Å². The molecule has 9 heavy (non-hydrogen) atoms. The van der Waals surface area contributed by atoms with Gasteiger partial charge in [-0.2, -0.15) is 0 Å². The SMILES string of the molecule is CCCC(O)C(O)(S)S. The molecule has 56 valence electrons. The molecule has 0 amide bonds. The second-order valence-corrected chi connectivity index (χ2v) is 3.71. The summed E-state index contributed by atoms with van der Waals surface area (Å²) in [4.78, 5) is 0. The van der Waals surface area contributed by atoms with Crippen LogP contribution in [-0.2, 0) is 0 Å². The van der Waals surface area contributed by atoms with E-state index in [9.17, 15) is 0 Å². The van der Waals surface area contributed by atoms with E-state index < -0.39 is 10.4 Å². The zero-order chi connectivity index (χ0) is 7.49. The first-order valence-electron chi connectivity index (χ1n) is 2.83. The van der Waals surface area contributed by atoms with Crippen molar-refractivity contribution in [3.8, 4) is 0 Å². The van der Waals surface area contributed by atoms with E-state index in [-0.39, 0.29) is 0 Å². The van der Waals surface area contributed by atoms with Gasteiger partial charge >= 0.3 is 0 Å². The van der Waals surface area contributed by atoms with Crippen molar-refractivity contribution >= 4 is 25.3 Å². The van der Waals surface area contributed by atoms with E-state index in [4.69, 9.17) is 10.2 Å². The molecule has 0 aromatic rings. The normalized spacial score (nSPS) is 15.7. The maximum Gasteiger partial charge on any atom is 0.178 e. The first kappa shape index (κ1) is 9.62. The Morgan fingerprint density at radius 2 is 2.00 bits per heavy atom. The lowest BCUT2D eigenvalue weighted by atomic mass is 10.2. The molecule has 0 radical (unpaired) electrons. The van der Waals surface area contributed by atoms with Crippen LogP contribution < -0.4 is 0 Å². The van der Waals surface area contributed by atoms with E-state index in [2.05, 4.69) is 25.3 Å². The average molecular weight is 168 g/mol. The summed E-state index contributed by atoms with van der Waals surface area (Å²) in [5.41, 5.74) is 0. The molecule has 0 aromatic carbocycles. The Kier molecular flexibility index (Phi) is 3.96. The lowest BCUT2D eigenvalue weighted by Crippen LogP contribution is -2.30. The molecule has 1 atom stereocenters. The molecule has 0 aliphatic heterocycles. The van der Waals surface area contributed by atoms with E-state index in [0.29, 0.717) is 6.42 Å². The van der Waals surface area contributed by atoms with Crippen LogP contribution in [0.25, 0.3) is 0 Å². The van der Waals surface area contributed by atoms with E-state index >= 15 is 0 Å². The third kappa shape index (κ3) is 4.08. The predicted molar refractivity (Wildman–Crippen MR) is 43.8 cm³/mol. The van der Waals surface area contributed by atoms with Gasteiger partial charge in [0.25, 0.3) is 0 Å². The summed E-state index contributed by atoms with van der Waals surface area (Å²) in [7, 11) is 0. The summed E-state index contributed by atoms with van der Waals surface area (Å²) in [6, 6.07) is 0. The highest BCUT2D eigenvalue weighted by atomic mass is 32.2. The molecule has 0 heterocycles. The van der Waals surface area contributed by atoms with Gasteiger partial charge in [-0.3, -0.25) is 0 Å². The Labute approximate surface area is 66.1 Å². The molecular weight excluding hydrogens is 156 g/mol. The van der Waals surface area contributed by atoms with Crippen molar-refractivity contribution in [1.82, 2.24) is 0 Å². The van der Waals surface area contributed by atoms with Crippen molar-refractivity contribution in [3.05, 3.63) is 0 Å². The van der Waals surface area contributed by atoms with Crippen LogP contribution in [0.2, 0.25) is 0 Å². The van der Waals surface area contributed by atoms with Crippen LogP contribution in [0.5, 0.6) is 0 Å². The maximum atomic E-state index is 8.98. The van der Waals surface area contributed by atoms with Gasteiger partial charge < -0.3 is 10.2 Å². The van der Waals surface area contributed by atoms with Gasteiger partial charge in [0.1, 0.15) is 6.10 Å². The minimum atomic E-state index is -1.55. The van der Waals surface area contributed by atoms with Gasteiger partial charge in [-0.15, -0.1) is 25.3 Å². The van der Waals surface area contributed by atoms with Gasteiger partial charge in [-0.05, 0) is 6.42 Å². The molecule has 0 bridgehead atoms. The monoisotopic (exact) mass is 168 g/mol. The van der Waals surface area contributed by atoms with Crippen LogP contribution >= 0.6 is 25.3 Å². The highest BCUT2D eigenvalue weighted by molar-refractivity contribution is 8.00. The number of aliphatic hydroxyl groups is 2. The second kappa shape index (κ2) is 3.71. The standard InChI is InChI=1S/C5H12O2S2/c1-2-3-4(6)5(7,8)9/h4,6-9H,2-3H2,1H3. The third-order valence-electron chi connectivity index (χ3n) is 1.01. The summed E-state index contributed by atoms with van der Waals surface area (Å²) in [5.74, 6) is 0. The quantitative estimate of drug-likeness (QED) is 0.369. The van der Waals surface area contributed by atoms with Crippen molar-refractivity contribution < 1.29 is 10.2 Å². The summed E-state index contributed by atoms with van der Waals surface area (Å²) >= 11 is 7.31. The van der Waals surface area contributed by atoms with Crippen LogP contribution in [0.15, 0.2) is 0 Å². The fourth-order valence-corrected chi connectivity index (χ4v) is 0.725. The van der Waals surface area contributed by atoms with Crippen molar-refractivity contribution in [1.29, 1.82) is 0 Å². The third-order valence-corrected chi connectivity index (χ3v) is 1.61. The van der Waals surface area contributed by atoms with Crippen LogP contribution in [0, 0.1) is 0 Å². The number of aliphatic hydroxyl groups excluding tert-OH is 1. The molecule has 0 aromatic heterocycles. The van der Waals surface area contributed by atoms with Gasteiger partial charge in [0.05, 0.1) is 0 Å². The predicted octanol–water partition coefficient (Wildman–Crippen LogP) is 0.653. The minimum Gasteiger partial charge on any atom is -0.388 e. The molecular formula is C5H12O2S2. The Hall–Kier alpha value is 0.620. The summed E-state index contributed by atoms with van der Waals surface area (Å²) < 4.78 is -1.55. The summed E-state index contributed by atoms with van der Waals surface area (Å²) in [6.07, 6.45) is 0.475. The van der Waals surface area contributed by atoms with E-state index in [1.54, 1.807) is 0 Å². The lowest BCUT2D eigenvalue weighted by Gasteiger charge is -2.21. The fraction of sp³-hybridized carbons (Fsp3) is 1.00. The molecule has 0 rings (SSSR count). The number of hydrogen-bond acceptors (Lipinski definition) is 4. The highest BCUT2D eigenvalue weighted by Gasteiger charge is 2.25. The van der Waals surface area contributed by atoms with Crippen LogP contribution in [-0.4, -0.2) is 20.6 Å². The molecule has 2 N–H and O–H groups in total. The minimum absolute atomic E-state index is 0.517. The van der Waals surface area contributed by atoms with E-state index in [0.717, 1.165) is 6.42 Å². The van der Waals surface area contributed by atoms with Gasteiger partial charge in [0, 0.05) is 0 Å². The summed E-state index contributed by atoms with van der Waals surface area (Å²) in [6.45, 7) is 1.91. The first-order valence-corrected chi connectivity index (χ1v) is 3.73. The summed E-state index contributed by atoms with van der Waals surface area (Å²) in [5, 5.41) is 17.9. The molecule has 0 spiro atoms. The van der Waals surface area contributed by atoms with Crippen LogP contribution in [0.4, 0.5) is 0 Å². The van der Waals surface area contributed by atoms with Crippen LogP contribution in [0.3, 0.4) is 0 Å². The Balaban J connectivity index is 3.59. The smallest absolute Gasteiger partial charge is 0.178 e. The second-order valence-electron chi connectivity index (χ2n) is 1.99. The Bertz CT molecular complexity index is 79.5. The van der Waals surface area contributed by atoms with E-state index in [1.807, 2.05) is 6.92 Å². The van der Waals surface area contributed by atoms with Crippen molar-refractivity contribution in [2.45, 2.75) is 30.1 Å². The van der Waals surface area contributed by atoms with Gasteiger partial charge in [0.15, 0.2) is 4.27 Å². The number of thiol groups is 2. The number of hydrogen-bond donors (Lipinski definition) is 4. The van der Waals surface area contributed by atoms with Crippen molar-refractivity contribution in [2.24, 2.45) is 0 Å². The Morgan fingerprint density at radius 1 is 1.56 bits per heavy atom. The lowest BCUT2D eigenvalue weighted by molar-refractivity contribution is 0.0485. The Morgan fingerprint density at radius 3 is 2.11 bits per heavy atom. The topological polar surface area (TPSA) is 40.5 Å². The molecule has 0 aliphatic carbocycles. The van der Waals surface area contributed by atoms with Crippen LogP contribution in [0.1, 0.15) is 19.8 Å². The largest absolute Gasteiger partial charge is 0.388 e. The number of rotatable bonds is 3. The van der Waals surface area contributed by atoms with Crippen molar-refractivity contribution in [3.63, 3.8) is 0 Å². The first-order chi connectivity index (χ1) is 3.98. The van der Waals surface area contributed by atoms with E-state index in [1.165, 1.54) is 0 Å². The fourth-order valence-electron chi connectivity index (χ4n) is 0.467. The average Bonchev–Trinajstić information content (AvgIpc) is 1.64. The molecule has 0 saturated heterocycles. The zero-order valence-corrected chi connectivity index (χ0v) is 7.07. The molecule has 2 nitrogen and oxygen atoms in total. The highest BCUT2D eigenvalue weighted by Crippen LogP contribution is 2.22. The molecule has 0 aliphatic rings. The molecule has 0 fully saturated rings. The maximum absolute atomic E-state index is 8.98.